The number of amides is 1. The average Bonchev–Trinajstić information content (AvgIpc) is 2.78. The Bertz CT molecular complexity index is 942. The van der Waals surface area contributed by atoms with Gasteiger partial charge in [0.15, 0.2) is 0 Å². The Morgan fingerprint density at radius 2 is 1.79 bits per heavy atom. The van der Waals surface area contributed by atoms with Crippen molar-refractivity contribution in [3.63, 3.8) is 0 Å². The molecule has 0 atom stereocenters. The van der Waals surface area contributed by atoms with E-state index in [1.54, 1.807) is 26.5 Å². The van der Waals surface area contributed by atoms with Gasteiger partial charge in [-0.15, -0.1) is 0 Å². The van der Waals surface area contributed by atoms with E-state index in [1.807, 2.05) is 54.6 Å². The Morgan fingerprint density at radius 1 is 1.00 bits per heavy atom. The standard InChI is InChI=1S/C23H25N3O3/c1-28-20-9-7-17(8-10-20)11-13-25-23(27)21-15-19(12-14-24-21)26-16-18-5-3-4-6-22(18)29-2/h3-10,12,14-15H,11,13,16H2,1-2H3,(H,24,26)(H,25,27). The highest BCUT2D eigenvalue weighted by molar-refractivity contribution is 5.93. The molecule has 0 aliphatic carbocycles. The SMILES string of the molecule is COc1ccc(CCNC(=O)c2cc(NCc3ccccc3OC)ccn2)cc1. The van der Waals surface area contributed by atoms with E-state index >= 15 is 0 Å². The lowest BCUT2D eigenvalue weighted by Crippen LogP contribution is -2.26. The normalized spacial score (nSPS) is 10.3. The number of hydrogen-bond donors (Lipinski definition) is 2. The molecular formula is C23H25N3O3. The summed E-state index contributed by atoms with van der Waals surface area (Å²) >= 11 is 0. The van der Waals surface area contributed by atoms with Crippen LogP contribution in [0.15, 0.2) is 66.9 Å². The smallest absolute Gasteiger partial charge is 0.269 e. The topological polar surface area (TPSA) is 72.5 Å². The van der Waals surface area contributed by atoms with Crippen molar-refractivity contribution in [3.8, 4) is 11.5 Å². The summed E-state index contributed by atoms with van der Waals surface area (Å²) in [4.78, 5) is 16.6. The van der Waals surface area contributed by atoms with Gasteiger partial charge in [0.25, 0.3) is 5.91 Å². The Balaban J connectivity index is 1.53. The van der Waals surface area contributed by atoms with Crippen molar-refractivity contribution < 1.29 is 14.3 Å². The molecule has 6 heteroatoms. The van der Waals surface area contributed by atoms with Gasteiger partial charge in [0.2, 0.25) is 0 Å². The molecule has 6 nitrogen and oxygen atoms in total. The molecule has 0 aliphatic heterocycles. The van der Waals surface area contributed by atoms with E-state index in [4.69, 9.17) is 9.47 Å². The third-order valence-electron chi connectivity index (χ3n) is 4.53. The minimum absolute atomic E-state index is 0.195. The van der Waals surface area contributed by atoms with Gasteiger partial charge in [-0.2, -0.15) is 0 Å². The zero-order valence-electron chi connectivity index (χ0n) is 16.6. The molecule has 3 rings (SSSR count). The lowest BCUT2D eigenvalue weighted by Gasteiger charge is -2.11. The van der Waals surface area contributed by atoms with Gasteiger partial charge in [-0.25, -0.2) is 0 Å². The molecule has 3 aromatic rings. The summed E-state index contributed by atoms with van der Waals surface area (Å²) in [5.74, 6) is 1.45. The van der Waals surface area contributed by atoms with Crippen molar-refractivity contribution in [2.75, 3.05) is 26.1 Å². The van der Waals surface area contributed by atoms with Crippen LogP contribution in [0.2, 0.25) is 0 Å². The predicted molar refractivity (Wildman–Crippen MR) is 114 cm³/mol. The van der Waals surface area contributed by atoms with Crippen molar-refractivity contribution in [2.24, 2.45) is 0 Å². The van der Waals surface area contributed by atoms with E-state index in [1.165, 1.54) is 0 Å². The number of nitrogens with zero attached hydrogens (tertiary/aromatic N) is 1. The van der Waals surface area contributed by atoms with E-state index in [0.717, 1.165) is 34.7 Å². The number of ether oxygens (including phenoxy) is 2. The van der Waals surface area contributed by atoms with Crippen LogP contribution in [0.5, 0.6) is 11.5 Å². The summed E-state index contributed by atoms with van der Waals surface area (Å²) in [6, 6.07) is 19.2. The van der Waals surface area contributed by atoms with Crippen LogP contribution in [0, 0.1) is 0 Å². The molecule has 2 N–H and O–H groups in total. The Kier molecular flexibility index (Phi) is 7.05. The molecule has 0 unspecified atom stereocenters. The van der Waals surface area contributed by atoms with Crippen LogP contribution in [0.25, 0.3) is 0 Å². The fraction of sp³-hybridized carbons (Fsp3) is 0.217. The van der Waals surface area contributed by atoms with E-state index in [0.29, 0.717) is 18.8 Å². The fourth-order valence-electron chi connectivity index (χ4n) is 2.91. The third-order valence-corrected chi connectivity index (χ3v) is 4.53. The van der Waals surface area contributed by atoms with Gasteiger partial charge in [0, 0.05) is 30.5 Å². The number of nitrogens with one attached hydrogen (secondary N) is 2. The van der Waals surface area contributed by atoms with E-state index in [2.05, 4.69) is 15.6 Å². The van der Waals surface area contributed by atoms with Crippen LogP contribution >= 0.6 is 0 Å². The van der Waals surface area contributed by atoms with Crippen LogP contribution in [-0.2, 0) is 13.0 Å². The average molecular weight is 391 g/mol. The summed E-state index contributed by atoms with van der Waals surface area (Å²) in [6.45, 7) is 1.12. The van der Waals surface area contributed by atoms with Gasteiger partial charge in [-0.1, -0.05) is 30.3 Å². The van der Waals surface area contributed by atoms with Crippen LogP contribution in [0.3, 0.4) is 0 Å². The zero-order valence-corrected chi connectivity index (χ0v) is 16.6. The number of carbonyl (C=O) groups excluding carboxylic acids is 1. The van der Waals surface area contributed by atoms with Crippen molar-refractivity contribution in [1.29, 1.82) is 0 Å². The summed E-state index contributed by atoms with van der Waals surface area (Å²) in [7, 11) is 3.29. The minimum atomic E-state index is -0.195. The first-order valence-corrected chi connectivity index (χ1v) is 9.42. The zero-order chi connectivity index (χ0) is 20.5. The second kappa shape index (κ2) is 10.1. The van der Waals surface area contributed by atoms with Crippen LogP contribution in [-0.4, -0.2) is 31.7 Å². The Hall–Kier alpha value is -3.54. The van der Waals surface area contributed by atoms with Crippen LogP contribution in [0.1, 0.15) is 21.6 Å². The first-order chi connectivity index (χ1) is 14.2. The molecule has 0 aliphatic rings. The number of pyridine rings is 1. The van der Waals surface area contributed by atoms with Gasteiger partial charge >= 0.3 is 0 Å². The molecule has 1 heterocycles. The number of para-hydroxylation sites is 1. The maximum absolute atomic E-state index is 12.4. The van der Waals surface area contributed by atoms with Gasteiger partial charge in [0.1, 0.15) is 17.2 Å². The van der Waals surface area contributed by atoms with Crippen molar-refractivity contribution in [2.45, 2.75) is 13.0 Å². The van der Waals surface area contributed by atoms with Crippen molar-refractivity contribution in [1.82, 2.24) is 10.3 Å². The highest BCUT2D eigenvalue weighted by Gasteiger charge is 2.08. The third kappa shape index (κ3) is 5.72. The molecule has 2 aromatic carbocycles. The highest BCUT2D eigenvalue weighted by atomic mass is 16.5. The maximum atomic E-state index is 12.4. The van der Waals surface area contributed by atoms with E-state index < -0.39 is 0 Å². The van der Waals surface area contributed by atoms with Crippen LogP contribution < -0.4 is 20.1 Å². The largest absolute Gasteiger partial charge is 0.497 e. The molecule has 0 saturated carbocycles. The van der Waals surface area contributed by atoms with Crippen LogP contribution in [0.4, 0.5) is 5.69 Å². The summed E-state index contributed by atoms with van der Waals surface area (Å²) in [5.41, 5.74) is 3.37. The van der Waals surface area contributed by atoms with E-state index in [9.17, 15) is 4.79 Å². The van der Waals surface area contributed by atoms with Gasteiger partial charge in [-0.3, -0.25) is 9.78 Å². The number of anilines is 1. The van der Waals surface area contributed by atoms with Gasteiger partial charge < -0.3 is 20.1 Å². The molecule has 0 spiro atoms. The molecule has 29 heavy (non-hydrogen) atoms. The molecule has 0 fully saturated rings. The number of benzene rings is 2. The second-order valence-electron chi connectivity index (χ2n) is 6.45. The molecule has 0 bridgehead atoms. The molecule has 150 valence electrons. The van der Waals surface area contributed by atoms with Crippen molar-refractivity contribution in [3.05, 3.63) is 83.7 Å². The molecule has 1 amide bonds. The van der Waals surface area contributed by atoms with Gasteiger partial charge in [-0.05, 0) is 42.3 Å². The number of hydrogen-bond acceptors (Lipinski definition) is 5. The molecule has 0 radical (unpaired) electrons. The summed E-state index contributed by atoms with van der Waals surface area (Å²) < 4.78 is 10.5. The number of methoxy groups -OCH3 is 2. The molecule has 1 aromatic heterocycles. The number of rotatable bonds is 9. The monoisotopic (exact) mass is 391 g/mol. The lowest BCUT2D eigenvalue weighted by molar-refractivity contribution is 0.0949. The van der Waals surface area contributed by atoms with Crippen molar-refractivity contribution >= 4 is 11.6 Å². The Labute approximate surface area is 170 Å². The molecular weight excluding hydrogens is 366 g/mol. The highest BCUT2D eigenvalue weighted by Crippen LogP contribution is 2.19. The fourth-order valence-corrected chi connectivity index (χ4v) is 2.91. The summed E-state index contributed by atoms with van der Waals surface area (Å²) in [5, 5.41) is 6.23. The van der Waals surface area contributed by atoms with E-state index in [-0.39, 0.29) is 5.91 Å². The quantitative estimate of drug-likeness (QED) is 0.582. The number of aromatic nitrogens is 1. The lowest BCUT2D eigenvalue weighted by atomic mass is 10.1. The van der Waals surface area contributed by atoms with Gasteiger partial charge in [0.05, 0.1) is 14.2 Å². The predicted octanol–water partition coefficient (Wildman–Crippen LogP) is 3.68. The maximum Gasteiger partial charge on any atom is 0.269 e. The molecule has 0 saturated heterocycles. The second-order valence-corrected chi connectivity index (χ2v) is 6.45. The first-order valence-electron chi connectivity index (χ1n) is 9.42. The summed E-state index contributed by atoms with van der Waals surface area (Å²) in [6.07, 6.45) is 2.37. The first kappa shape index (κ1) is 20.2. The number of carbonyl (C=O) groups is 1. The minimum Gasteiger partial charge on any atom is -0.497 e. The Morgan fingerprint density at radius 3 is 2.55 bits per heavy atom.